The second-order valence-electron chi connectivity index (χ2n) is 4.31. The van der Waals surface area contributed by atoms with Gasteiger partial charge in [-0.1, -0.05) is 6.07 Å². The lowest BCUT2D eigenvalue weighted by molar-refractivity contribution is 0.132. The third-order valence-electron chi connectivity index (χ3n) is 3.28. The fraction of sp³-hybridized carbons (Fsp3) is 0.417. The fourth-order valence-electron chi connectivity index (χ4n) is 2.54. The van der Waals surface area contributed by atoms with Crippen LogP contribution in [-0.2, 0) is 11.2 Å². The SMILES string of the molecule is O=C1NC2CCCc3cc(F)ccc3C2O1. The highest BCUT2D eigenvalue weighted by Gasteiger charge is 2.37. The molecule has 4 heteroatoms. The van der Waals surface area contributed by atoms with Crippen molar-refractivity contribution in [3.05, 3.63) is 35.1 Å². The number of fused-ring (bicyclic) bond motifs is 3. The summed E-state index contributed by atoms with van der Waals surface area (Å²) in [7, 11) is 0. The van der Waals surface area contributed by atoms with Crippen LogP contribution in [0.4, 0.5) is 9.18 Å². The van der Waals surface area contributed by atoms with Crippen LogP contribution in [0, 0.1) is 5.82 Å². The molecule has 1 N–H and O–H groups in total. The molecule has 2 aliphatic rings. The number of hydrogen-bond acceptors (Lipinski definition) is 2. The molecule has 0 spiro atoms. The molecule has 0 aromatic heterocycles. The van der Waals surface area contributed by atoms with Crippen LogP contribution in [0.5, 0.6) is 0 Å². The lowest BCUT2D eigenvalue weighted by Gasteiger charge is -2.15. The van der Waals surface area contributed by atoms with Gasteiger partial charge in [-0.2, -0.15) is 0 Å². The number of nitrogens with one attached hydrogen (secondary N) is 1. The first-order chi connectivity index (χ1) is 7.74. The standard InChI is InChI=1S/C12H12FNO2/c13-8-4-5-9-7(6-8)2-1-3-10-11(9)16-12(15)14-10/h4-6,10-11H,1-3H2,(H,14,15). The van der Waals surface area contributed by atoms with Gasteiger partial charge in [0.2, 0.25) is 0 Å². The van der Waals surface area contributed by atoms with E-state index in [0.29, 0.717) is 0 Å². The zero-order valence-electron chi connectivity index (χ0n) is 8.70. The van der Waals surface area contributed by atoms with Gasteiger partial charge in [-0.15, -0.1) is 0 Å². The fourth-order valence-corrected chi connectivity index (χ4v) is 2.54. The summed E-state index contributed by atoms with van der Waals surface area (Å²) in [4.78, 5) is 11.2. The molecular weight excluding hydrogens is 209 g/mol. The van der Waals surface area contributed by atoms with Crippen molar-refractivity contribution in [1.29, 1.82) is 0 Å². The molecule has 1 aromatic carbocycles. The Bertz CT molecular complexity index is 447. The van der Waals surface area contributed by atoms with E-state index in [-0.39, 0.29) is 24.1 Å². The highest BCUT2D eigenvalue weighted by atomic mass is 19.1. The highest BCUT2D eigenvalue weighted by Crippen LogP contribution is 2.35. The van der Waals surface area contributed by atoms with Gasteiger partial charge < -0.3 is 10.1 Å². The Morgan fingerprint density at radius 3 is 3.19 bits per heavy atom. The van der Waals surface area contributed by atoms with Crippen molar-refractivity contribution in [1.82, 2.24) is 5.32 Å². The van der Waals surface area contributed by atoms with Crippen molar-refractivity contribution < 1.29 is 13.9 Å². The van der Waals surface area contributed by atoms with Gasteiger partial charge in [0, 0.05) is 0 Å². The molecule has 2 atom stereocenters. The molecular formula is C12H12FNO2. The third-order valence-corrected chi connectivity index (χ3v) is 3.28. The molecule has 0 saturated carbocycles. The topological polar surface area (TPSA) is 38.3 Å². The van der Waals surface area contributed by atoms with Crippen molar-refractivity contribution in [3.8, 4) is 0 Å². The van der Waals surface area contributed by atoms with Crippen molar-refractivity contribution >= 4 is 6.09 Å². The summed E-state index contributed by atoms with van der Waals surface area (Å²) in [5.41, 5.74) is 1.91. The van der Waals surface area contributed by atoms with Gasteiger partial charge in [-0.05, 0) is 42.5 Å². The quantitative estimate of drug-likeness (QED) is 0.730. The predicted molar refractivity (Wildman–Crippen MR) is 55.5 cm³/mol. The van der Waals surface area contributed by atoms with Crippen LogP contribution in [0.25, 0.3) is 0 Å². The number of benzene rings is 1. The lowest BCUT2D eigenvalue weighted by Crippen LogP contribution is -2.26. The Hall–Kier alpha value is -1.58. The summed E-state index contributed by atoms with van der Waals surface area (Å²) < 4.78 is 18.4. The summed E-state index contributed by atoms with van der Waals surface area (Å²) >= 11 is 0. The molecule has 1 aliphatic carbocycles. The Balaban J connectivity index is 2.05. The van der Waals surface area contributed by atoms with Crippen LogP contribution >= 0.6 is 0 Å². The van der Waals surface area contributed by atoms with Crippen LogP contribution in [0.3, 0.4) is 0 Å². The molecule has 0 bridgehead atoms. The van der Waals surface area contributed by atoms with Crippen LogP contribution in [0.15, 0.2) is 18.2 Å². The number of hydrogen-bond donors (Lipinski definition) is 1. The summed E-state index contributed by atoms with van der Waals surface area (Å²) in [6.07, 6.45) is 2.06. The first-order valence-electron chi connectivity index (χ1n) is 5.49. The average molecular weight is 221 g/mol. The minimum Gasteiger partial charge on any atom is -0.439 e. The van der Waals surface area contributed by atoms with Gasteiger partial charge in [0.25, 0.3) is 0 Å². The van der Waals surface area contributed by atoms with Crippen molar-refractivity contribution in [2.75, 3.05) is 0 Å². The zero-order chi connectivity index (χ0) is 11.1. The summed E-state index contributed by atoms with van der Waals surface area (Å²) in [5.74, 6) is -0.227. The number of carbonyl (C=O) groups is 1. The number of carbonyl (C=O) groups excluding carboxylic acids is 1. The van der Waals surface area contributed by atoms with Crippen LogP contribution in [0.2, 0.25) is 0 Å². The predicted octanol–water partition coefficient (Wildman–Crippen LogP) is 2.31. The first kappa shape index (κ1) is 9.63. The molecule has 1 aliphatic heterocycles. The minimum absolute atomic E-state index is 0.0409. The summed E-state index contributed by atoms with van der Waals surface area (Å²) in [6, 6.07) is 4.74. The van der Waals surface area contributed by atoms with Crippen LogP contribution in [-0.4, -0.2) is 12.1 Å². The van der Waals surface area contributed by atoms with Gasteiger partial charge in [0.05, 0.1) is 6.04 Å². The molecule has 84 valence electrons. The molecule has 0 radical (unpaired) electrons. The van der Waals surface area contributed by atoms with Crippen molar-refractivity contribution in [2.45, 2.75) is 31.4 Å². The van der Waals surface area contributed by atoms with E-state index in [4.69, 9.17) is 4.74 Å². The van der Waals surface area contributed by atoms with E-state index >= 15 is 0 Å². The maximum absolute atomic E-state index is 13.1. The molecule has 1 amide bonds. The number of alkyl carbamates (subject to hydrolysis) is 1. The van der Waals surface area contributed by atoms with E-state index in [0.717, 1.165) is 30.4 Å². The zero-order valence-corrected chi connectivity index (χ0v) is 8.70. The summed E-state index contributed by atoms with van der Waals surface area (Å²) in [6.45, 7) is 0. The molecule has 1 aromatic rings. The molecule has 3 nitrogen and oxygen atoms in total. The van der Waals surface area contributed by atoms with E-state index in [2.05, 4.69) is 5.32 Å². The van der Waals surface area contributed by atoms with E-state index in [9.17, 15) is 9.18 Å². The van der Waals surface area contributed by atoms with Gasteiger partial charge in [0.1, 0.15) is 11.9 Å². The van der Waals surface area contributed by atoms with Gasteiger partial charge >= 0.3 is 6.09 Å². The van der Waals surface area contributed by atoms with Crippen LogP contribution < -0.4 is 5.32 Å². The minimum atomic E-state index is -0.368. The van der Waals surface area contributed by atoms with E-state index in [1.54, 1.807) is 12.1 Å². The normalized spacial score (nSPS) is 27.4. The Labute approximate surface area is 92.6 Å². The smallest absolute Gasteiger partial charge is 0.408 e. The maximum atomic E-state index is 13.1. The lowest BCUT2D eigenvalue weighted by atomic mass is 9.99. The Morgan fingerprint density at radius 2 is 2.31 bits per heavy atom. The number of aryl methyl sites for hydroxylation is 1. The Kier molecular flexibility index (Phi) is 2.09. The van der Waals surface area contributed by atoms with Gasteiger partial charge in [-0.3, -0.25) is 0 Å². The maximum Gasteiger partial charge on any atom is 0.408 e. The van der Waals surface area contributed by atoms with E-state index in [1.807, 2.05) is 0 Å². The number of halogens is 1. The van der Waals surface area contributed by atoms with Crippen LogP contribution in [0.1, 0.15) is 30.1 Å². The monoisotopic (exact) mass is 221 g/mol. The molecule has 2 unspecified atom stereocenters. The number of ether oxygens (including phenoxy) is 1. The van der Waals surface area contributed by atoms with Crippen molar-refractivity contribution in [3.63, 3.8) is 0 Å². The third kappa shape index (κ3) is 1.45. The van der Waals surface area contributed by atoms with Crippen molar-refractivity contribution in [2.24, 2.45) is 0 Å². The molecule has 1 saturated heterocycles. The van der Waals surface area contributed by atoms with Gasteiger partial charge in [0.15, 0.2) is 0 Å². The number of amides is 1. The molecule has 1 heterocycles. The average Bonchev–Trinajstić information content (AvgIpc) is 2.52. The first-order valence-corrected chi connectivity index (χ1v) is 5.49. The van der Waals surface area contributed by atoms with E-state index in [1.165, 1.54) is 6.07 Å². The second-order valence-corrected chi connectivity index (χ2v) is 4.31. The molecule has 3 rings (SSSR count). The summed E-state index contributed by atoms with van der Waals surface area (Å²) in [5, 5.41) is 2.80. The molecule has 16 heavy (non-hydrogen) atoms. The molecule has 1 fully saturated rings. The highest BCUT2D eigenvalue weighted by molar-refractivity contribution is 5.70. The number of rotatable bonds is 0. The Morgan fingerprint density at radius 1 is 1.44 bits per heavy atom. The van der Waals surface area contributed by atoms with Gasteiger partial charge in [-0.25, -0.2) is 9.18 Å². The van der Waals surface area contributed by atoms with E-state index < -0.39 is 0 Å². The largest absolute Gasteiger partial charge is 0.439 e. The second kappa shape index (κ2) is 3.47.